The Hall–Kier alpha value is -0.243. The first kappa shape index (κ1) is 4.76. The summed E-state index contributed by atoms with van der Waals surface area (Å²) >= 11 is 0. The molecule has 2 heteroatoms. The van der Waals surface area contributed by atoms with Gasteiger partial charge in [-0.2, -0.15) is 0 Å². The smallest absolute Gasteiger partial charge is 0.124 e. The molecule has 0 aliphatic heterocycles. The van der Waals surface area contributed by atoms with Gasteiger partial charge in [0.05, 0.1) is 5.38 Å². The van der Waals surface area contributed by atoms with E-state index in [1.54, 1.807) is 13.0 Å². The summed E-state index contributed by atoms with van der Waals surface area (Å²) in [5.74, 6) is 0. The largest absolute Gasteiger partial charge is 0.519 e. The second-order valence-corrected chi connectivity index (χ2v) is 1.19. The van der Waals surface area contributed by atoms with E-state index in [1.165, 1.54) is 0 Å². The average molecular weight is 85.2 g/mol. The molecular weight excluding hydrogens is 80.1 g/mol. The van der Waals surface area contributed by atoms with Crippen LogP contribution in [0.3, 0.4) is 0 Å². The van der Waals surface area contributed by atoms with E-state index < -0.39 is 0 Å². The molecule has 0 aromatic carbocycles. The summed E-state index contributed by atoms with van der Waals surface area (Å²) in [5, 5.41) is 8.32. The van der Waals surface area contributed by atoms with Gasteiger partial charge < -0.3 is 5.11 Å². The van der Waals surface area contributed by atoms with Crippen molar-refractivity contribution >= 4 is 10.2 Å². The Balaban J connectivity index is 3.14. The van der Waals surface area contributed by atoms with Crippen LogP contribution in [0.5, 0.6) is 0 Å². The molecule has 0 amide bonds. The fourth-order valence-corrected chi connectivity index (χ4v) is 0. The molecule has 1 nitrogen and oxygen atoms in total. The van der Waals surface area contributed by atoms with Gasteiger partial charge in [-0.1, -0.05) is 6.08 Å². The van der Waals surface area contributed by atoms with Crippen molar-refractivity contribution in [2.45, 2.75) is 6.92 Å². The maximum Gasteiger partial charge on any atom is 0.124 e. The number of hydrogen-bond acceptors (Lipinski definition) is 1. The van der Waals surface area contributed by atoms with Crippen LogP contribution in [0.2, 0.25) is 0 Å². The van der Waals surface area contributed by atoms with Crippen molar-refractivity contribution in [2.75, 3.05) is 0 Å². The van der Waals surface area contributed by atoms with E-state index in [9.17, 15) is 0 Å². The van der Waals surface area contributed by atoms with Gasteiger partial charge in [0, 0.05) is 0 Å². The number of rotatable bonds is 0. The lowest BCUT2D eigenvalue weighted by Gasteiger charge is -1.74. The number of hydrogen-bond donors (Lipinski definition) is 1. The molecule has 0 aliphatic rings. The summed E-state index contributed by atoms with van der Waals surface area (Å²) in [6, 6.07) is 0. The monoisotopic (exact) mass is 85.0 g/mol. The van der Waals surface area contributed by atoms with Gasteiger partial charge in [-0.15, -0.1) is 0 Å². The first-order valence-electron chi connectivity index (χ1n) is 1.34. The lowest BCUT2D eigenvalue weighted by atomic mass is 10.7. The zero-order valence-electron chi connectivity index (χ0n) is 3.02. The van der Waals surface area contributed by atoms with Crippen molar-refractivity contribution < 1.29 is 5.11 Å². The van der Waals surface area contributed by atoms with E-state index in [0.717, 1.165) is 0 Å². The van der Waals surface area contributed by atoms with Crippen molar-refractivity contribution in [2.24, 2.45) is 0 Å². The topological polar surface area (TPSA) is 20.2 Å². The minimum atomic E-state index is 0.185. The minimum absolute atomic E-state index is 0.185. The molecule has 0 atom stereocenters. The van der Waals surface area contributed by atoms with E-state index >= 15 is 0 Å². The number of aliphatic hydroxyl groups excluding tert-OH is 1. The van der Waals surface area contributed by atoms with Crippen LogP contribution in [0.25, 0.3) is 0 Å². The van der Waals surface area contributed by atoms with Gasteiger partial charge >= 0.3 is 0 Å². The highest BCUT2D eigenvalue weighted by Crippen LogP contribution is 1.70. The van der Waals surface area contributed by atoms with E-state index in [4.69, 9.17) is 5.11 Å². The van der Waals surface area contributed by atoms with E-state index in [2.05, 4.69) is 10.2 Å². The van der Waals surface area contributed by atoms with Gasteiger partial charge in [-0.25, -0.2) is 0 Å². The van der Waals surface area contributed by atoms with Crippen LogP contribution in [0, 0.1) is 0 Å². The molecule has 0 heterocycles. The summed E-state index contributed by atoms with van der Waals surface area (Å²) in [7, 11) is 2.83. The van der Waals surface area contributed by atoms with E-state index in [0.29, 0.717) is 0 Å². The molecule has 0 aliphatic carbocycles. The Labute approximate surface area is 34.7 Å². The van der Waals surface area contributed by atoms with E-state index in [-0.39, 0.29) is 5.38 Å². The zero-order chi connectivity index (χ0) is 4.28. The van der Waals surface area contributed by atoms with Crippen LogP contribution in [0.4, 0.5) is 0 Å². The van der Waals surface area contributed by atoms with Crippen molar-refractivity contribution in [1.82, 2.24) is 0 Å². The molecule has 0 aromatic rings. The molecule has 0 unspecified atom stereocenters. The van der Waals surface area contributed by atoms with Gasteiger partial charge in [-0.05, 0) is 6.92 Å². The Morgan fingerprint density at radius 1 is 2.00 bits per heavy atom. The molecular formula is C3H5OSi. The predicted octanol–water partition coefficient (Wildman–Crippen LogP) is 0.574. The SMILES string of the molecule is CC=C(O)[Si]. The highest BCUT2D eigenvalue weighted by molar-refractivity contribution is 6.19. The molecule has 0 aromatic heterocycles. The maximum atomic E-state index is 8.14. The second-order valence-electron chi connectivity index (χ2n) is 0.674. The van der Waals surface area contributed by atoms with Crippen LogP contribution < -0.4 is 0 Å². The van der Waals surface area contributed by atoms with Gasteiger partial charge in [0.1, 0.15) is 10.2 Å². The summed E-state index contributed by atoms with van der Waals surface area (Å²) in [5.41, 5.74) is 0. The third kappa shape index (κ3) is 3.76. The quantitative estimate of drug-likeness (QED) is 0.337. The molecule has 0 fully saturated rings. The molecule has 0 rings (SSSR count). The van der Waals surface area contributed by atoms with Gasteiger partial charge in [0.25, 0.3) is 0 Å². The van der Waals surface area contributed by atoms with Crippen LogP contribution in [-0.2, 0) is 0 Å². The normalized spacial score (nSPS) is 12.0. The third-order valence-electron chi connectivity index (χ3n) is 0.273. The first-order valence-corrected chi connectivity index (χ1v) is 1.84. The average Bonchev–Trinajstić information content (AvgIpc) is 1.38. The summed E-state index contributed by atoms with van der Waals surface area (Å²) in [4.78, 5) is 0. The highest BCUT2D eigenvalue weighted by Gasteiger charge is 1.64. The number of allylic oxidation sites excluding steroid dienone is 1. The zero-order valence-corrected chi connectivity index (χ0v) is 4.02. The summed E-state index contributed by atoms with van der Waals surface area (Å²) in [6.45, 7) is 1.74. The van der Waals surface area contributed by atoms with Crippen LogP contribution in [-0.4, -0.2) is 15.3 Å². The molecule has 5 heavy (non-hydrogen) atoms. The first-order chi connectivity index (χ1) is 2.27. The predicted molar refractivity (Wildman–Crippen MR) is 22.1 cm³/mol. The van der Waals surface area contributed by atoms with E-state index in [1.807, 2.05) is 0 Å². The van der Waals surface area contributed by atoms with Crippen LogP contribution in [0.15, 0.2) is 11.5 Å². The van der Waals surface area contributed by atoms with Gasteiger partial charge in [0.15, 0.2) is 0 Å². The fraction of sp³-hybridized carbons (Fsp3) is 0.333. The molecule has 0 saturated carbocycles. The lowest BCUT2D eigenvalue weighted by Crippen LogP contribution is -1.70. The van der Waals surface area contributed by atoms with Crippen molar-refractivity contribution in [3.05, 3.63) is 11.5 Å². The molecule has 0 saturated heterocycles. The Bertz CT molecular complexity index is 44.9. The summed E-state index contributed by atoms with van der Waals surface area (Å²) < 4.78 is 0. The van der Waals surface area contributed by atoms with Gasteiger partial charge in [0.2, 0.25) is 0 Å². The molecule has 1 N–H and O–H groups in total. The van der Waals surface area contributed by atoms with Crippen molar-refractivity contribution in [3.63, 3.8) is 0 Å². The van der Waals surface area contributed by atoms with Gasteiger partial charge in [-0.3, -0.25) is 0 Å². The number of aliphatic hydroxyl groups is 1. The Kier molecular flexibility index (Phi) is 1.92. The second kappa shape index (κ2) is 2.02. The third-order valence-corrected chi connectivity index (χ3v) is 0.562. The van der Waals surface area contributed by atoms with Crippen molar-refractivity contribution in [1.29, 1.82) is 0 Å². The Morgan fingerprint density at radius 3 is 2.20 bits per heavy atom. The highest BCUT2D eigenvalue weighted by atomic mass is 28.1. The standard InChI is InChI=1S/C3H5OSi/c1-2-3(4)5/h2,4H,1H3. The van der Waals surface area contributed by atoms with Crippen LogP contribution >= 0.6 is 0 Å². The summed E-state index contributed by atoms with van der Waals surface area (Å²) in [6.07, 6.45) is 1.55. The Morgan fingerprint density at radius 2 is 2.20 bits per heavy atom. The van der Waals surface area contributed by atoms with Crippen molar-refractivity contribution in [3.8, 4) is 0 Å². The fourth-order valence-electron chi connectivity index (χ4n) is 0. The molecule has 0 spiro atoms. The maximum absolute atomic E-state index is 8.14. The lowest BCUT2D eigenvalue weighted by molar-refractivity contribution is 0.451. The molecule has 27 valence electrons. The minimum Gasteiger partial charge on any atom is -0.519 e. The van der Waals surface area contributed by atoms with Crippen LogP contribution in [0.1, 0.15) is 6.92 Å². The molecule has 0 bridgehead atoms. The molecule has 3 radical (unpaired) electrons.